The second-order valence-corrected chi connectivity index (χ2v) is 3.91. The fourth-order valence-corrected chi connectivity index (χ4v) is 1.76. The van der Waals surface area contributed by atoms with Crippen molar-refractivity contribution in [3.05, 3.63) is 23.3 Å². The summed E-state index contributed by atoms with van der Waals surface area (Å²) in [5.74, 6) is 0.604. The molecule has 4 heteroatoms. The molecule has 0 unspecified atom stereocenters. The smallest absolute Gasteiger partial charge is 0.257 e. The number of carbonyl (C=O) groups excluding carboxylic acids is 1. The molecule has 1 amide bonds. The van der Waals surface area contributed by atoms with E-state index in [0.29, 0.717) is 11.3 Å². The van der Waals surface area contributed by atoms with E-state index in [1.807, 2.05) is 19.1 Å². The zero-order valence-electron chi connectivity index (χ0n) is 9.59. The molecule has 0 aliphatic carbocycles. The summed E-state index contributed by atoms with van der Waals surface area (Å²) in [6.07, 6.45) is 1.04. The van der Waals surface area contributed by atoms with Gasteiger partial charge in [-0.3, -0.25) is 4.79 Å². The molecule has 0 bridgehead atoms. The van der Waals surface area contributed by atoms with Gasteiger partial charge in [-0.25, -0.2) is 0 Å². The molecular formula is C12H16N2O2. The van der Waals surface area contributed by atoms with Gasteiger partial charge in [0, 0.05) is 6.54 Å². The summed E-state index contributed by atoms with van der Waals surface area (Å²) in [5, 5.41) is 5.94. The zero-order valence-corrected chi connectivity index (χ0v) is 9.59. The first-order chi connectivity index (χ1) is 7.72. The molecule has 2 N–H and O–H groups in total. The maximum atomic E-state index is 11.6. The predicted molar refractivity (Wildman–Crippen MR) is 62.9 cm³/mol. The summed E-state index contributed by atoms with van der Waals surface area (Å²) < 4.78 is 5.48. The average Bonchev–Trinajstić information content (AvgIpc) is 2.27. The number of rotatable bonds is 3. The fraction of sp³-hybridized carbons (Fsp3) is 0.417. The highest BCUT2D eigenvalue weighted by Gasteiger charge is 2.21. The maximum Gasteiger partial charge on any atom is 0.257 e. The van der Waals surface area contributed by atoms with Crippen LogP contribution in [0.25, 0.3) is 0 Å². The van der Waals surface area contributed by atoms with E-state index >= 15 is 0 Å². The third-order valence-corrected chi connectivity index (χ3v) is 2.49. The van der Waals surface area contributed by atoms with Gasteiger partial charge in [-0.05, 0) is 31.0 Å². The number of hydrogen-bond donors (Lipinski definition) is 2. The third-order valence-electron chi connectivity index (χ3n) is 2.49. The van der Waals surface area contributed by atoms with Crippen LogP contribution in [0.1, 0.15) is 29.3 Å². The second kappa shape index (κ2) is 4.43. The standard InChI is InChI=1S/C12H16N2O2/c1-3-4-13-10-6-8(2)5-9-11(10)16-7-14-12(9)15/h5-6,13H,3-4,7H2,1-2H3,(H,14,15). The first-order valence-electron chi connectivity index (χ1n) is 5.52. The molecule has 86 valence electrons. The van der Waals surface area contributed by atoms with Crippen molar-refractivity contribution >= 4 is 11.6 Å². The van der Waals surface area contributed by atoms with Crippen LogP contribution >= 0.6 is 0 Å². The van der Waals surface area contributed by atoms with Crippen LogP contribution in [0.3, 0.4) is 0 Å². The number of ether oxygens (including phenoxy) is 1. The van der Waals surface area contributed by atoms with Crippen LogP contribution in [0.2, 0.25) is 0 Å². The van der Waals surface area contributed by atoms with E-state index in [0.717, 1.165) is 24.2 Å². The van der Waals surface area contributed by atoms with Crippen molar-refractivity contribution in [2.45, 2.75) is 20.3 Å². The number of nitrogens with one attached hydrogen (secondary N) is 2. The van der Waals surface area contributed by atoms with E-state index in [2.05, 4.69) is 17.6 Å². The number of hydrogen-bond acceptors (Lipinski definition) is 3. The zero-order chi connectivity index (χ0) is 11.5. The molecule has 0 spiro atoms. The van der Waals surface area contributed by atoms with Crippen molar-refractivity contribution in [3.63, 3.8) is 0 Å². The van der Waals surface area contributed by atoms with Gasteiger partial charge in [-0.2, -0.15) is 0 Å². The molecule has 4 nitrogen and oxygen atoms in total. The topological polar surface area (TPSA) is 50.4 Å². The van der Waals surface area contributed by atoms with Crippen LogP contribution in [0, 0.1) is 6.92 Å². The lowest BCUT2D eigenvalue weighted by molar-refractivity contribution is 0.0884. The normalized spacial score (nSPS) is 13.8. The first kappa shape index (κ1) is 10.8. The molecule has 2 rings (SSSR count). The third kappa shape index (κ3) is 1.96. The summed E-state index contributed by atoms with van der Waals surface area (Å²) >= 11 is 0. The molecule has 1 aliphatic rings. The number of aryl methyl sites for hydroxylation is 1. The van der Waals surface area contributed by atoms with E-state index in [4.69, 9.17) is 4.74 Å². The summed E-state index contributed by atoms with van der Waals surface area (Å²) in [5.41, 5.74) is 2.58. The van der Waals surface area contributed by atoms with Crippen LogP contribution in [-0.4, -0.2) is 19.2 Å². The Labute approximate surface area is 95.0 Å². The van der Waals surface area contributed by atoms with Gasteiger partial charge >= 0.3 is 0 Å². The van der Waals surface area contributed by atoms with Gasteiger partial charge in [0.1, 0.15) is 0 Å². The van der Waals surface area contributed by atoms with E-state index < -0.39 is 0 Å². The SMILES string of the molecule is CCCNc1cc(C)cc2c1OCNC2=O. The Hall–Kier alpha value is -1.71. The van der Waals surface area contributed by atoms with E-state index in [-0.39, 0.29) is 12.6 Å². The Balaban J connectivity index is 2.40. The molecule has 0 saturated carbocycles. The van der Waals surface area contributed by atoms with Crippen LogP contribution in [0.5, 0.6) is 5.75 Å². The van der Waals surface area contributed by atoms with Crippen molar-refractivity contribution in [1.29, 1.82) is 0 Å². The second-order valence-electron chi connectivity index (χ2n) is 3.91. The maximum absolute atomic E-state index is 11.6. The van der Waals surface area contributed by atoms with E-state index in [9.17, 15) is 4.79 Å². The Kier molecular flexibility index (Phi) is 2.99. The molecule has 0 fully saturated rings. The molecule has 0 aromatic heterocycles. The lowest BCUT2D eigenvalue weighted by Crippen LogP contribution is -2.33. The molecule has 0 radical (unpaired) electrons. The number of carbonyl (C=O) groups is 1. The average molecular weight is 220 g/mol. The Bertz CT molecular complexity index is 416. The summed E-state index contributed by atoms with van der Waals surface area (Å²) in [7, 11) is 0. The minimum absolute atomic E-state index is 0.0653. The Morgan fingerprint density at radius 1 is 1.50 bits per heavy atom. The highest BCUT2D eigenvalue weighted by Crippen LogP contribution is 2.32. The molecule has 16 heavy (non-hydrogen) atoms. The van der Waals surface area contributed by atoms with Crippen LogP contribution in [0.15, 0.2) is 12.1 Å². The minimum Gasteiger partial charge on any atom is -0.470 e. The fourth-order valence-electron chi connectivity index (χ4n) is 1.76. The molecule has 1 aliphatic heterocycles. The van der Waals surface area contributed by atoms with Crippen LogP contribution in [0.4, 0.5) is 5.69 Å². The number of benzene rings is 1. The lowest BCUT2D eigenvalue weighted by Gasteiger charge is -2.21. The predicted octanol–water partition coefficient (Wildman–Crippen LogP) is 1.90. The van der Waals surface area contributed by atoms with E-state index in [1.54, 1.807) is 0 Å². The van der Waals surface area contributed by atoms with E-state index in [1.165, 1.54) is 0 Å². The molecule has 1 aromatic rings. The van der Waals surface area contributed by atoms with Crippen molar-refractivity contribution in [1.82, 2.24) is 5.32 Å². The largest absolute Gasteiger partial charge is 0.470 e. The van der Waals surface area contributed by atoms with Gasteiger partial charge in [-0.15, -0.1) is 0 Å². The quantitative estimate of drug-likeness (QED) is 0.818. The first-order valence-corrected chi connectivity index (χ1v) is 5.52. The number of fused-ring (bicyclic) bond motifs is 1. The summed E-state index contributed by atoms with van der Waals surface area (Å²) in [4.78, 5) is 11.6. The Morgan fingerprint density at radius 3 is 3.06 bits per heavy atom. The van der Waals surface area contributed by atoms with Crippen LogP contribution in [-0.2, 0) is 0 Å². The van der Waals surface area contributed by atoms with Gasteiger partial charge in [-0.1, -0.05) is 6.92 Å². The minimum atomic E-state index is -0.0653. The summed E-state index contributed by atoms with van der Waals surface area (Å²) in [6.45, 7) is 5.19. The Morgan fingerprint density at radius 2 is 2.31 bits per heavy atom. The van der Waals surface area contributed by atoms with Crippen molar-refractivity contribution in [2.24, 2.45) is 0 Å². The van der Waals surface area contributed by atoms with Crippen molar-refractivity contribution in [3.8, 4) is 5.75 Å². The van der Waals surface area contributed by atoms with Gasteiger partial charge in [0.25, 0.3) is 5.91 Å². The van der Waals surface area contributed by atoms with Crippen molar-refractivity contribution < 1.29 is 9.53 Å². The van der Waals surface area contributed by atoms with Gasteiger partial charge in [0.05, 0.1) is 11.3 Å². The van der Waals surface area contributed by atoms with Crippen LogP contribution < -0.4 is 15.4 Å². The monoisotopic (exact) mass is 220 g/mol. The molecule has 0 atom stereocenters. The molecular weight excluding hydrogens is 204 g/mol. The van der Waals surface area contributed by atoms with Gasteiger partial charge < -0.3 is 15.4 Å². The highest BCUT2D eigenvalue weighted by molar-refractivity contribution is 5.99. The number of amides is 1. The molecule has 1 heterocycles. The number of anilines is 1. The van der Waals surface area contributed by atoms with Gasteiger partial charge in [0.15, 0.2) is 12.5 Å². The molecule has 0 saturated heterocycles. The van der Waals surface area contributed by atoms with Crippen molar-refractivity contribution in [2.75, 3.05) is 18.6 Å². The highest BCUT2D eigenvalue weighted by atomic mass is 16.5. The lowest BCUT2D eigenvalue weighted by atomic mass is 10.1. The van der Waals surface area contributed by atoms with Gasteiger partial charge in [0.2, 0.25) is 0 Å². The summed E-state index contributed by atoms with van der Waals surface area (Å²) in [6, 6.07) is 3.86. The molecule has 1 aromatic carbocycles.